The van der Waals surface area contributed by atoms with Gasteiger partial charge in [-0.15, -0.1) is 11.3 Å². The van der Waals surface area contributed by atoms with E-state index >= 15 is 0 Å². The van der Waals surface area contributed by atoms with Gasteiger partial charge < -0.3 is 5.32 Å². The van der Waals surface area contributed by atoms with Crippen molar-refractivity contribution in [3.8, 4) is 11.3 Å². The average Bonchev–Trinajstić information content (AvgIpc) is 3.36. The number of carbonyl (C=O) groups excluding carboxylic acids is 1. The lowest BCUT2D eigenvalue weighted by Crippen LogP contribution is -2.35. The highest BCUT2D eigenvalue weighted by atomic mass is 32.2. The van der Waals surface area contributed by atoms with Gasteiger partial charge in [-0.05, 0) is 45.7 Å². The predicted molar refractivity (Wildman–Crippen MR) is 126 cm³/mol. The monoisotopic (exact) mass is 509 g/mol. The Kier molecular flexibility index (Phi) is 6.23. The number of hydrogen-bond donors (Lipinski definition) is 2. The number of benzene rings is 1. The van der Waals surface area contributed by atoms with Crippen LogP contribution in [0.2, 0.25) is 0 Å². The van der Waals surface area contributed by atoms with E-state index in [1.165, 1.54) is 17.5 Å². The van der Waals surface area contributed by atoms with E-state index in [9.17, 15) is 22.2 Å². The van der Waals surface area contributed by atoms with Gasteiger partial charge in [0.2, 0.25) is 5.91 Å². The van der Waals surface area contributed by atoms with Crippen LogP contribution in [0.4, 0.5) is 24.0 Å². The largest absolute Gasteiger partial charge is 0.434 e. The van der Waals surface area contributed by atoms with Crippen molar-refractivity contribution in [1.82, 2.24) is 15.0 Å². The van der Waals surface area contributed by atoms with Crippen LogP contribution in [0.15, 0.2) is 42.0 Å². The number of amides is 1. The van der Waals surface area contributed by atoms with Crippen molar-refractivity contribution in [3.05, 3.63) is 53.4 Å². The van der Waals surface area contributed by atoms with Crippen LogP contribution in [-0.4, -0.2) is 29.8 Å². The lowest BCUT2D eigenvalue weighted by molar-refractivity contribution is -0.141. The maximum absolute atomic E-state index is 13.0. The normalized spacial score (nSPS) is 16.1. The molecule has 0 aliphatic heterocycles. The Morgan fingerprint density at radius 2 is 1.76 bits per heavy atom. The second-order valence-corrected chi connectivity index (χ2v) is 11.4. The van der Waals surface area contributed by atoms with E-state index < -0.39 is 28.3 Å². The molecule has 2 heterocycles. The first kappa shape index (κ1) is 24.3. The molecule has 1 atom stereocenters. The van der Waals surface area contributed by atoms with E-state index in [0.29, 0.717) is 28.3 Å². The SMILES string of the molecule is CC(C)(C(=O)Nc1ccc(-c2cncc(C(F)(F)F)n2)cc1)c1csc(NS(=O)C2(C)CC2)n1. The van der Waals surface area contributed by atoms with Gasteiger partial charge >= 0.3 is 6.18 Å². The van der Waals surface area contributed by atoms with E-state index in [0.717, 1.165) is 12.8 Å². The van der Waals surface area contributed by atoms with Crippen molar-refractivity contribution in [3.63, 3.8) is 0 Å². The van der Waals surface area contributed by atoms with Crippen molar-refractivity contribution in [2.24, 2.45) is 0 Å². The number of nitrogens with one attached hydrogen (secondary N) is 2. The smallest absolute Gasteiger partial charge is 0.325 e. The quantitative estimate of drug-likeness (QED) is 0.458. The van der Waals surface area contributed by atoms with E-state index in [4.69, 9.17) is 0 Å². The summed E-state index contributed by atoms with van der Waals surface area (Å²) in [5.74, 6) is -0.314. The minimum Gasteiger partial charge on any atom is -0.325 e. The molecule has 1 unspecified atom stereocenters. The molecule has 1 aromatic carbocycles. The second-order valence-electron chi connectivity index (χ2n) is 8.80. The number of rotatable bonds is 7. The Morgan fingerprint density at radius 3 is 2.38 bits per heavy atom. The Bertz CT molecular complexity index is 1240. The highest BCUT2D eigenvalue weighted by Gasteiger charge is 2.44. The summed E-state index contributed by atoms with van der Waals surface area (Å²) in [6.07, 6.45) is -0.867. The number of halogens is 3. The van der Waals surface area contributed by atoms with Crippen LogP contribution in [-0.2, 0) is 27.4 Å². The number of alkyl halides is 3. The minimum atomic E-state index is -4.58. The second kappa shape index (κ2) is 8.73. The van der Waals surface area contributed by atoms with Crippen LogP contribution in [0.3, 0.4) is 0 Å². The highest BCUT2D eigenvalue weighted by Crippen LogP contribution is 2.41. The average molecular weight is 510 g/mol. The molecule has 2 aromatic heterocycles. The summed E-state index contributed by atoms with van der Waals surface area (Å²) >= 11 is 1.29. The maximum atomic E-state index is 13.0. The lowest BCUT2D eigenvalue weighted by Gasteiger charge is -2.21. The topological polar surface area (TPSA) is 96.9 Å². The molecule has 0 saturated heterocycles. The highest BCUT2D eigenvalue weighted by molar-refractivity contribution is 7.88. The maximum Gasteiger partial charge on any atom is 0.434 e. The van der Waals surface area contributed by atoms with Gasteiger partial charge in [-0.1, -0.05) is 12.1 Å². The van der Waals surface area contributed by atoms with E-state index in [1.807, 2.05) is 6.92 Å². The van der Waals surface area contributed by atoms with Gasteiger partial charge in [-0.25, -0.2) is 14.2 Å². The van der Waals surface area contributed by atoms with Crippen LogP contribution >= 0.6 is 11.3 Å². The molecule has 0 bridgehead atoms. The predicted octanol–water partition coefficient (Wildman–Crippen LogP) is 5.16. The van der Waals surface area contributed by atoms with E-state index in [-0.39, 0.29) is 16.3 Å². The molecule has 7 nitrogen and oxygen atoms in total. The van der Waals surface area contributed by atoms with Crippen molar-refractivity contribution in [1.29, 1.82) is 0 Å². The molecule has 1 aliphatic rings. The van der Waals surface area contributed by atoms with Crippen LogP contribution in [0.5, 0.6) is 0 Å². The third kappa shape index (κ3) is 5.12. The van der Waals surface area contributed by atoms with Crippen molar-refractivity contribution < 1.29 is 22.2 Å². The van der Waals surface area contributed by atoms with E-state index in [1.54, 1.807) is 43.5 Å². The summed E-state index contributed by atoms with van der Waals surface area (Å²) in [5.41, 5.74) is -0.538. The molecule has 34 heavy (non-hydrogen) atoms. The Labute approximate surface area is 200 Å². The van der Waals surface area contributed by atoms with Gasteiger partial charge in [0.25, 0.3) is 0 Å². The Morgan fingerprint density at radius 1 is 1.09 bits per heavy atom. The van der Waals surface area contributed by atoms with Gasteiger partial charge in [0.15, 0.2) is 10.8 Å². The number of thiazole rings is 1. The summed E-state index contributed by atoms with van der Waals surface area (Å²) in [5, 5.41) is 5.06. The molecular weight excluding hydrogens is 487 g/mol. The number of anilines is 2. The van der Waals surface area contributed by atoms with Crippen molar-refractivity contribution in [2.75, 3.05) is 10.0 Å². The molecule has 1 saturated carbocycles. The van der Waals surface area contributed by atoms with Crippen molar-refractivity contribution in [2.45, 2.75) is 50.0 Å². The molecule has 1 fully saturated rings. The molecule has 4 rings (SSSR count). The third-order valence-electron chi connectivity index (χ3n) is 5.66. The molecule has 1 amide bonds. The fourth-order valence-corrected chi connectivity index (χ4v) is 5.01. The summed E-state index contributed by atoms with van der Waals surface area (Å²) in [6.45, 7) is 5.41. The van der Waals surface area contributed by atoms with Gasteiger partial charge in [0, 0.05) is 16.6 Å². The van der Waals surface area contributed by atoms with Gasteiger partial charge in [0.05, 0.1) is 33.9 Å². The fraction of sp³-hybridized carbons (Fsp3) is 0.364. The van der Waals surface area contributed by atoms with Gasteiger partial charge in [0.1, 0.15) is 11.0 Å². The molecule has 12 heteroatoms. The van der Waals surface area contributed by atoms with Crippen LogP contribution in [0.1, 0.15) is 45.0 Å². The van der Waals surface area contributed by atoms with Crippen LogP contribution in [0, 0.1) is 0 Å². The fourth-order valence-electron chi connectivity index (χ4n) is 2.94. The first-order valence-electron chi connectivity index (χ1n) is 10.3. The first-order valence-corrected chi connectivity index (χ1v) is 12.4. The van der Waals surface area contributed by atoms with E-state index in [2.05, 4.69) is 25.0 Å². The number of hydrogen-bond acceptors (Lipinski definition) is 6. The number of carbonyl (C=O) groups is 1. The first-order chi connectivity index (χ1) is 15.9. The zero-order chi connectivity index (χ0) is 24.7. The zero-order valence-corrected chi connectivity index (χ0v) is 20.2. The van der Waals surface area contributed by atoms with Crippen LogP contribution in [0.25, 0.3) is 11.3 Å². The molecule has 180 valence electrons. The molecule has 0 spiro atoms. The Balaban J connectivity index is 1.44. The molecule has 1 aliphatic carbocycles. The summed E-state index contributed by atoms with van der Waals surface area (Å²) < 4.78 is 53.7. The summed E-state index contributed by atoms with van der Waals surface area (Å²) in [4.78, 5) is 24.7. The zero-order valence-electron chi connectivity index (χ0n) is 18.6. The number of aromatic nitrogens is 3. The molecule has 3 aromatic rings. The van der Waals surface area contributed by atoms with Gasteiger partial charge in [-0.3, -0.25) is 14.5 Å². The lowest BCUT2D eigenvalue weighted by atomic mass is 9.89. The third-order valence-corrected chi connectivity index (χ3v) is 8.23. The molecule has 2 N–H and O–H groups in total. The molecular formula is C22H22F3N5O2S2. The summed E-state index contributed by atoms with van der Waals surface area (Å²) in [7, 11) is -1.23. The summed E-state index contributed by atoms with van der Waals surface area (Å²) in [6, 6.07) is 6.29. The number of nitrogens with zero attached hydrogens (tertiary/aromatic N) is 3. The molecule has 0 radical (unpaired) electrons. The standard InChI is InChI=1S/C22H22F3N5O2S2/c1-20(2,17-12-33-19(29-17)30-34(32)21(3)8-9-21)18(31)27-14-6-4-13(5-7-14)15-10-26-11-16(28-15)22(23,24)25/h4-7,10-12H,8-9H2,1-3H3,(H,27,31)(H,29,30). The van der Waals surface area contributed by atoms with Gasteiger partial charge in [-0.2, -0.15) is 13.2 Å². The Hall–Kier alpha value is -2.86. The van der Waals surface area contributed by atoms with Crippen LogP contribution < -0.4 is 10.0 Å². The van der Waals surface area contributed by atoms with Crippen molar-refractivity contribution >= 4 is 39.0 Å². The minimum absolute atomic E-state index is 0.0768.